The molecule has 0 N–H and O–H groups in total. The summed E-state index contributed by atoms with van der Waals surface area (Å²) in [6.45, 7) is 48.7. The van der Waals surface area contributed by atoms with Crippen molar-refractivity contribution in [3.8, 4) is 0 Å². The van der Waals surface area contributed by atoms with Crippen molar-refractivity contribution < 1.29 is 0 Å². The van der Waals surface area contributed by atoms with Crippen LogP contribution in [0.5, 0.6) is 0 Å². The van der Waals surface area contributed by atoms with Gasteiger partial charge >= 0.3 is 0 Å². The first-order valence-corrected chi connectivity index (χ1v) is 22.6. The van der Waals surface area contributed by atoms with E-state index in [0.29, 0.717) is 0 Å². The summed E-state index contributed by atoms with van der Waals surface area (Å²) in [5.74, 6) is 0. The Kier molecular flexibility index (Phi) is 11.9. The van der Waals surface area contributed by atoms with Gasteiger partial charge < -0.3 is 0 Å². The fraction of sp³-hybridized carbons (Fsp3) is 0.824. The normalized spacial score (nSPS) is 14.4. The molecule has 0 aliphatic heterocycles. The largest absolute Gasteiger partial charge is 0.0945 e. The molecule has 0 aromatic heterocycles. The van der Waals surface area contributed by atoms with Gasteiger partial charge in [-0.1, -0.05) is 158 Å². The Balaban J connectivity index is 4.68. The Labute approximate surface area is 238 Å². The molecular weight excluding hydrogens is 493 g/mol. The summed E-state index contributed by atoms with van der Waals surface area (Å²) in [6, 6.07) is 5.74. The molecule has 1 rings (SSSR count). The van der Waals surface area contributed by atoms with Gasteiger partial charge in [-0.25, -0.2) is 0 Å². The van der Waals surface area contributed by atoms with E-state index in [2.05, 4.69) is 144 Å². The van der Waals surface area contributed by atoms with Crippen LogP contribution in [0.4, 0.5) is 0 Å². The fourth-order valence-electron chi connectivity index (χ4n) is 10.7. The molecule has 0 unspecified atom stereocenters. The summed E-state index contributed by atoms with van der Waals surface area (Å²) in [4.78, 5) is 0. The lowest BCUT2D eigenvalue weighted by atomic mass is 10.2. The first kappa shape index (κ1) is 34.9. The third-order valence-electron chi connectivity index (χ3n) is 11.4. The van der Waals surface area contributed by atoms with Crippen molar-refractivity contribution in [1.29, 1.82) is 0 Å². The molecular formula is C34H68Si3. The molecule has 0 saturated carbocycles. The van der Waals surface area contributed by atoms with Crippen molar-refractivity contribution >= 4 is 39.8 Å². The Hall–Kier alpha value is -0.129. The number of rotatable bonds is 12. The highest BCUT2D eigenvalue weighted by atomic mass is 28.3. The molecule has 37 heavy (non-hydrogen) atoms. The predicted molar refractivity (Wildman–Crippen MR) is 183 cm³/mol. The van der Waals surface area contributed by atoms with E-state index < -0.39 is 24.2 Å². The van der Waals surface area contributed by atoms with Gasteiger partial charge in [0, 0.05) is 0 Å². The molecule has 0 amide bonds. The van der Waals surface area contributed by atoms with Crippen LogP contribution in [0.1, 0.15) is 130 Å². The minimum Gasteiger partial charge on any atom is -0.0648 e. The smallest absolute Gasteiger partial charge is 0.0648 e. The Morgan fingerprint density at radius 3 is 0.703 bits per heavy atom. The first-order chi connectivity index (χ1) is 16.7. The van der Waals surface area contributed by atoms with Gasteiger partial charge in [0.15, 0.2) is 0 Å². The van der Waals surface area contributed by atoms with Crippen LogP contribution in [-0.2, 0) is 0 Å². The maximum Gasteiger partial charge on any atom is 0.0945 e. The van der Waals surface area contributed by atoms with Crippen LogP contribution in [-0.4, -0.2) is 24.2 Å². The molecule has 0 bridgehead atoms. The van der Waals surface area contributed by atoms with E-state index in [4.69, 9.17) is 0 Å². The molecule has 0 spiro atoms. The average Bonchev–Trinajstić information content (AvgIpc) is 2.69. The highest BCUT2D eigenvalue weighted by Gasteiger charge is 2.52. The van der Waals surface area contributed by atoms with Crippen LogP contribution in [0.2, 0.25) is 49.9 Å². The van der Waals surface area contributed by atoms with Crippen molar-refractivity contribution in [3.63, 3.8) is 0 Å². The van der Waals surface area contributed by atoms with Crippen LogP contribution in [0.3, 0.4) is 0 Å². The molecule has 1 aromatic rings. The Morgan fingerprint density at radius 1 is 0.351 bits per heavy atom. The summed E-state index contributed by atoms with van der Waals surface area (Å²) in [7, 11) is -5.48. The zero-order chi connectivity index (χ0) is 29.4. The molecule has 0 fully saturated rings. The molecule has 216 valence electrons. The molecule has 3 heteroatoms. The van der Waals surface area contributed by atoms with E-state index in [1.807, 2.05) is 10.4 Å². The molecule has 0 aliphatic carbocycles. The second kappa shape index (κ2) is 12.6. The minimum atomic E-state index is -1.83. The van der Waals surface area contributed by atoms with E-state index in [1.165, 1.54) is 0 Å². The maximum atomic E-state index is 2.87. The SMILES string of the molecule is Cc1c([Si](C(C)C)(C(C)C)C(C)C)cc([Si](C(C)C)(C(C)C)C(C)C)cc1[Si](C(C)C)(C(C)C)C(C)C. The van der Waals surface area contributed by atoms with Gasteiger partial charge in [0.2, 0.25) is 0 Å². The lowest BCUT2D eigenvalue weighted by Gasteiger charge is -2.51. The van der Waals surface area contributed by atoms with Crippen LogP contribution in [0.25, 0.3) is 0 Å². The van der Waals surface area contributed by atoms with E-state index in [-0.39, 0.29) is 0 Å². The quantitative estimate of drug-likeness (QED) is 0.223. The van der Waals surface area contributed by atoms with Crippen molar-refractivity contribution in [3.05, 3.63) is 17.7 Å². The van der Waals surface area contributed by atoms with Crippen molar-refractivity contribution in [2.24, 2.45) is 0 Å². The maximum absolute atomic E-state index is 2.87. The molecule has 0 saturated heterocycles. The highest BCUT2D eigenvalue weighted by Crippen LogP contribution is 2.46. The van der Waals surface area contributed by atoms with E-state index >= 15 is 0 Å². The highest BCUT2D eigenvalue weighted by molar-refractivity contribution is 7.00. The second-order valence-electron chi connectivity index (χ2n) is 15.4. The average molecular weight is 561 g/mol. The van der Waals surface area contributed by atoms with Crippen LogP contribution < -0.4 is 15.6 Å². The zero-order valence-electron chi connectivity index (χ0n) is 28.9. The molecule has 0 atom stereocenters. The predicted octanol–water partition coefficient (Wildman–Crippen LogP) is 10.7. The second-order valence-corrected chi connectivity index (χ2v) is 33.0. The van der Waals surface area contributed by atoms with Gasteiger partial charge in [-0.2, -0.15) is 0 Å². The van der Waals surface area contributed by atoms with Gasteiger partial charge in [0.05, 0.1) is 24.2 Å². The third-order valence-corrected chi connectivity index (χ3v) is 32.8. The van der Waals surface area contributed by atoms with Gasteiger partial charge in [-0.15, -0.1) is 0 Å². The van der Waals surface area contributed by atoms with Crippen LogP contribution in [0, 0.1) is 6.92 Å². The lowest BCUT2D eigenvalue weighted by Crippen LogP contribution is -2.66. The Morgan fingerprint density at radius 2 is 0.541 bits per heavy atom. The number of hydrogen-bond donors (Lipinski definition) is 0. The van der Waals surface area contributed by atoms with Gasteiger partial charge in [0.1, 0.15) is 0 Å². The first-order valence-electron chi connectivity index (χ1n) is 15.9. The molecule has 1 aromatic carbocycles. The van der Waals surface area contributed by atoms with Gasteiger partial charge in [-0.05, 0) is 56.8 Å². The number of benzene rings is 1. The van der Waals surface area contributed by atoms with Gasteiger partial charge in [0.25, 0.3) is 0 Å². The standard InChI is InChI=1S/C34H68Si3/c1-22(2)35(23(3)4,24(5)6)32-20-33(36(25(7)8,26(9)10)27(11)12)31(19)34(21-32)37(28(13)14,29(15)16)30(17)18/h20-30H,1-19H3. The van der Waals surface area contributed by atoms with Crippen LogP contribution in [0.15, 0.2) is 12.1 Å². The summed E-state index contributed by atoms with van der Waals surface area (Å²) >= 11 is 0. The summed E-state index contributed by atoms with van der Waals surface area (Å²) in [6.07, 6.45) is 0. The van der Waals surface area contributed by atoms with E-state index in [0.717, 1.165) is 49.9 Å². The Bertz CT molecular complexity index is 753. The monoisotopic (exact) mass is 560 g/mol. The third kappa shape index (κ3) is 5.33. The summed E-state index contributed by atoms with van der Waals surface area (Å²) in [5, 5.41) is 5.50. The molecule has 0 aliphatic rings. The molecule has 0 nitrogen and oxygen atoms in total. The lowest BCUT2D eigenvalue weighted by molar-refractivity contribution is 0.828. The molecule has 0 radical (unpaired) electrons. The number of hydrogen-bond acceptors (Lipinski definition) is 0. The summed E-state index contributed by atoms with van der Waals surface area (Å²) in [5.41, 5.74) is 8.31. The molecule has 0 heterocycles. The van der Waals surface area contributed by atoms with Crippen LogP contribution >= 0.6 is 0 Å². The zero-order valence-corrected chi connectivity index (χ0v) is 31.9. The summed E-state index contributed by atoms with van der Waals surface area (Å²) < 4.78 is 0. The topological polar surface area (TPSA) is 0 Å². The van der Waals surface area contributed by atoms with Gasteiger partial charge in [-0.3, -0.25) is 0 Å². The van der Waals surface area contributed by atoms with Crippen molar-refractivity contribution in [2.45, 2.75) is 181 Å². The van der Waals surface area contributed by atoms with Crippen molar-refractivity contribution in [2.75, 3.05) is 0 Å². The van der Waals surface area contributed by atoms with E-state index in [1.54, 1.807) is 10.8 Å². The van der Waals surface area contributed by atoms with Crippen molar-refractivity contribution in [1.82, 2.24) is 0 Å². The minimum absolute atomic E-state index is 0.732. The van der Waals surface area contributed by atoms with E-state index in [9.17, 15) is 0 Å². The fourth-order valence-corrected chi connectivity index (χ4v) is 32.0.